The van der Waals surface area contributed by atoms with Crippen molar-refractivity contribution in [1.29, 1.82) is 5.26 Å². The second-order valence-corrected chi connectivity index (χ2v) is 5.15. The zero-order valence-corrected chi connectivity index (χ0v) is 13.1. The van der Waals surface area contributed by atoms with Gasteiger partial charge in [-0.15, -0.1) is 0 Å². The summed E-state index contributed by atoms with van der Waals surface area (Å²) in [6, 6.07) is 16.3. The summed E-state index contributed by atoms with van der Waals surface area (Å²) < 4.78 is 5.52. The lowest BCUT2D eigenvalue weighted by Crippen LogP contribution is -2.43. The Balaban J connectivity index is 2.06. The quantitative estimate of drug-likeness (QED) is 0.843. The predicted molar refractivity (Wildman–Crippen MR) is 87.8 cm³/mol. The molecule has 2 aromatic carbocycles. The van der Waals surface area contributed by atoms with Gasteiger partial charge in [-0.1, -0.05) is 36.4 Å². The van der Waals surface area contributed by atoms with Crippen LogP contribution >= 0.6 is 0 Å². The van der Waals surface area contributed by atoms with Gasteiger partial charge in [0.2, 0.25) is 5.91 Å². The normalized spacial score (nSPS) is 12.5. The van der Waals surface area contributed by atoms with E-state index in [1.54, 1.807) is 55.5 Å². The first-order chi connectivity index (χ1) is 11.5. The van der Waals surface area contributed by atoms with Crippen molar-refractivity contribution in [1.82, 2.24) is 5.32 Å². The standard InChI is InChI=1S/C18H17N3O3/c1-12(24-15-9-5-6-13(10-15)11-19)18(23)21-16(17(20)22)14-7-3-2-4-8-14/h2-10,12,16H,1H3,(H2,20,22)(H,21,23). The van der Waals surface area contributed by atoms with Crippen LogP contribution in [0.25, 0.3) is 0 Å². The van der Waals surface area contributed by atoms with Crippen molar-refractivity contribution in [2.45, 2.75) is 19.1 Å². The number of nitrogens with two attached hydrogens (primary N) is 1. The lowest BCUT2D eigenvalue weighted by Gasteiger charge is -2.19. The number of hydrogen-bond donors (Lipinski definition) is 2. The van der Waals surface area contributed by atoms with Crippen LogP contribution in [0, 0.1) is 11.3 Å². The summed E-state index contributed by atoms with van der Waals surface area (Å²) in [5, 5.41) is 11.5. The molecule has 6 heteroatoms. The average molecular weight is 323 g/mol. The van der Waals surface area contributed by atoms with Crippen LogP contribution in [0.2, 0.25) is 0 Å². The van der Waals surface area contributed by atoms with Crippen molar-refractivity contribution in [3.05, 3.63) is 65.7 Å². The van der Waals surface area contributed by atoms with E-state index in [2.05, 4.69) is 5.32 Å². The van der Waals surface area contributed by atoms with Crippen LogP contribution in [0.15, 0.2) is 54.6 Å². The second-order valence-electron chi connectivity index (χ2n) is 5.15. The van der Waals surface area contributed by atoms with E-state index < -0.39 is 24.0 Å². The molecule has 2 amide bonds. The van der Waals surface area contributed by atoms with Crippen molar-refractivity contribution in [3.63, 3.8) is 0 Å². The molecule has 2 atom stereocenters. The molecule has 0 saturated heterocycles. The Morgan fingerprint density at radius 2 is 1.88 bits per heavy atom. The second kappa shape index (κ2) is 7.79. The summed E-state index contributed by atoms with van der Waals surface area (Å²) in [5.74, 6) is -0.745. The van der Waals surface area contributed by atoms with Crippen molar-refractivity contribution < 1.29 is 14.3 Å². The minimum Gasteiger partial charge on any atom is -0.481 e. The minimum atomic E-state index is -0.935. The van der Waals surface area contributed by atoms with Crippen molar-refractivity contribution >= 4 is 11.8 Å². The number of hydrogen-bond acceptors (Lipinski definition) is 4. The molecule has 3 N–H and O–H groups in total. The molecule has 0 radical (unpaired) electrons. The van der Waals surface area contributed by atoms with E-state index >= 15 is 0 Å². The summed E-state index contributed by atoms with van der Waals surface area (Å²) in [6.45, 7) is 1.55. The summed E-state index contributed by atoms with van der Waals surface area (Å²) in [6.07, 6.45) is -0.857. The predicted octanol–water partition coefficient (Wildman–Crippen LogP) is 1.67. The van der Waals surface area contributed by atoms with Crippen molar-refractivity contribution in [3.8, 4) is 11.8 Å². The number of carbonyl (C=O) groups is 2. The average Bonchev–Trinajstić information content (AvgIpc) is 2.60. The van der Waals surface area contributed by atoms with Gasteiger partial charge in [-0.25, -0.2) is 0 Å². The van der Waals surface area contributed by atoms with Crippen LogP contribution in [0.3, 0.4) is 0 Å². The third-order valence-corrected chi connectivity index (χ3v) is 3.35. The third-order valence-electron chi connectivity index (χ3n) is 3.35. The molecule has 0 saturated carbocycles. The first kappa shape index (κ1) is 17.0. The van der Waals surface area contributed by atoms with E-state index in [-0.39, 0.29) is 0 Å². The Hall–Kier alpha value is -3.33. The number of primary amides is 1. The van der Waals surface area contributed by atoms with Gasteiger partial charge in [0.1, 0.15) is 11.8 Å². The van der Waals surface area contributed by atoms with Crippen LogP contribution < -0.4 is 15.8 Å². The number of rotatable bonds is 6. The molecule has 0 aliphatic carbocycles. The molecule has 0 fully saturated rings. The molecule has 0 aliphatic heterocycles. The molecule has 2 aromatic rings. The lowest BCUT2D eigenvalue weighted by atomic mass is 10.1. The van der Waals surface area contributed by atoms with Crippen LogP contribution in [0.4, 0.5) is 0 Å². The topological polar surface area (TPSA) is 105 Å². The van der Waals surface area contributed by atoms with Gasteiger partial charge in [0.05, 0.1) is 11.6 Å². The van der Waals surface area contributed by atoms with Gasteiger partial charge < -0.3 is 15.8 Å². The van der Waals surface area contributed by atoms with Gasteiger partial charge in [-0.3, -0.25) is 9.59 Å². The van der Waals surface area contributed by atoms with Crippen LogP contribution in [-0.2, 0) is 9.59 Å². The number of nitriles is 1. The Kier molecular flexibility index (Phi) is 5.53. The molecule has 0 aromatic heterocycles. The van der Waals surface area contributed by atoms with Crippen LogP contribution in [0.1, 0.15) is 24.1 Å². The lowest BCUT2D eigenvalue weighted by molar-refractivity contribution is -0.131. The fourth-order valence-electron chi connectivity index (χ4n) is 2.12. The molecule has 0 spiro atoms. The Bertz CT molecular complexity index is 769. The highest BCUT2D eigenvalue weighted by Crippen LogP contribution is 2.16. The van der Waals surface area contributed by atoms with E-state index in [1.165, 1.54) is 6.07 Å². The number of nitrogens with zero attached hydrogens (tertiary/aromatic N) is 1. The van der Waals surface area contributed by atoms with Gasteiger partial charge in [-0.2, -0.15) is 5.26 Å². The zero-order chi connectivity index (χ0) is 17.5. The molecular formula is C18H17N3O3. The van der Waals surface area contributed by atoms with Gasteiger partial charge in [0.25, 0.3) is 5.91 Å². The first-order valence-corrected chi connectivity index (χ1v) is 7.32. The smallest absolute Gasteiger partial charge is 0.261 e. The van der Waals surface area contributed by atoms with Crippen molar-refractivity contribution in [2.75, 3.05) is 0 Å². The van der Waals surface area contributed by atoms with Gasteiger partial charge >= 0.3 is 0 Å². The van der Waals surface area contributed by atoms with E-state index in [9.17, 15) is 9.59 Å². The Labute approximate surface area is 139 Å². The van der Waals surface area contributed by atoms with Crippen LogP contribution in [0.5, 0.6) is 5.75 Å². The number of amides is 2. The zero-order valence-electron chi connectivity index (χ0n) is 13.1. The molecule has 2 unspecified atom stereocenters. The molecule has 24 heavy (non-hydrogen) atoms. The van der Waals surface area contributed by atoms with E-state index in [1.807, 2.05) is 6.07 Å². The fourth-order valence-corrected chi connectivity index (χ4v) is 2.12. The van der Waals surface area contributed by atoms with Gasteiger partial charge in [0, 0.05) is 0 Å². The van der Waals surface area contributed by atoms with Gasteiger partial charge in [-0.05, 0) is 30.7 Å². The number of nitrogens with one attached hydrogen (secondary N) is 1. The summed E-state index contributed by atoms with van der Waals surface area (Å²) >= 11 is 0. The molecule has 0 aliphatic rings. The monoisotopic (exact) mass is 323 g/mol. The molecule has 122 valence electrons. The Morgan fingerprint density at radius 1 is 1.17 bits per heavy atom. The SMILES string of the molecule is CC(Oc1cccc(C#N)c1)C(=O)NC(C(N)=O)c1ccccc1. The third kappa shape index (κ3) is 4.34. The number of benzene rings is 2. The molecule has 6 nitrogen and oxygen atoms in total. The van der Waals surface area contributed by atoms with Gasteiger partial charge in [0.15, 0.2) is 6.10 Å². The van der Waals surface area contributed by atoms with E-state index in [0.29, 0.717) is 16.9 Å². The molecule has 0 heterocycles. The maximum absolute atomic E-state index is 12.3. The highest BCUT2D eigenvalue weighted by Gasteiger charge is 2.24. The van der Waals surface area contributed by atoms with E-state index in [4.69, 9.17) is 15.7 Å². The molecule has 0 bridgehead atoms. The fraction of sp³-hybridized carbons (Fsp3) is 0.167. The summed E-state index contributed by atoms with van der Waals surface area (Å²) in [5.41, 5.74) is 6.40. The highest BCUT2D eigenvalue weighted by molar-refractivity contribution is 5.89. The summed E-state index contributed by atoms with van der Waals surface area (Å²) in [7, 11) is 0. The first-order valence-electron chi connectivity index (χ1n) is 7.32. The highest BCUT2D eigenvalue weighted by atomic mass is 16.5. The number of carbonyl (C=O) groups excluding carboxylic acids is 2. The summed E-state index contributed by atoms with van der Waals surface area (Å²) in [4.78, 5) is 23.9. The molecular weight excluding hydrogens is 306 g/mol. The maximum Gasteiger partial charge on any atom is 0.261 e. The Morgan fingerprint density at radius 3 is 2.50 bits per heavy atom. The number of ether oxygens (including phenoxy) is 1. The molecule has 2 rings (SSSR count). The largest absolute Gasteiger partial charge is 0.481 e. The maximum atomic E-state index is 12.3. The minimum absolute atomic E-state index is 0.395. The van der Waals surface area contributed by atoms with Crippen molar-refractivity contribution in [2.24, 2.45) is 5.73 Å². The van der Waals surface area contributed by atoms with Crippen LogP contribution in [-0.4, -0.2) is 17.9 Å². The van der Waals surface area contributed by atoms with E-state index in [0.717, 1.165) is 0 Å².